The largest absolute Gasteiger partial charge is 0.341 e. The van der Waals surface area contributed by atoms with Gasteiger partial charge in [-0.25, -0.2) is 0 Å². The minimum atomic E-state index is -0.283. The molecule has 0 aliphatic heterocycles. The molecule has 86 valence electrons. The number of rotatable bonds is 3. The van der Waals surface area contributed by atoms with Gasteiger partial charge in [-0.1, -0.05) is 19.0 Å². The molecule has 1 amide bonds. The minimum Gasteiger partial charge on any atom is -0.341 e. The van der Waals surface area contributed by atoms with E-state index in [0.717, 1.165) is 0 Å². The lowest BCUT2D eigenvalue weighted by Crippen LogP contribution is -2.22. The zero-order chi connectivity index (χ0) is 11.8. The average molecular weight is 214 g/mol. The summed E-state index contributed by atoms with van der Waals surface area (Å²) in [4.78, 5) is 16.5. The van der Waals surface area contributed by atoms with Crippen LogP contribution < -0.4 is 5.32 Å². The van der Waals surface area contributed by atoms with Crippen LogP contribution in [0.15, 0.2) is 4.52 Å². The van der Waals surface area contributed by atoms with Crippen molar-refractivity contribution in [2.75, 3.05) is 21.1 Å². The lowest BCUT2D eigenvalue weighted by molar-refractivity contribution is 0.0779. The SMILES string of the molecule is CC.CNCc1noc(C(=O)N(C)C)n1. The molecular weight excluding hydrogens is 196 g/mol. The van der Waals surface area contributed by atoms with Gasteiger partial charge in [0.1, 0.15) is 0 Å². The third kappa shape index (κ3) is 4.07. The fraction of sp³-hybridized carbons (Fsp3) is 0.667. The van der Waals surface area contributed by atoms with Crippen LogP contribution in [0.25, 0.3) is 0 Å². The van der Waals surface area contributed by atoms with Crippen LogP contribution >= 0.6 is 0 Å². The van der Waals surface area contributed by atoms with Crippen molar-refractivity contribution in [3.8, 4) is 0 Å². The Bertz CT molecular complexity index is 296. The standard InChI is InChI=1S/C7H12N4O2.C2H6/c1-8-4-5-9-6(13-10-5)7(12)11(2)3;1-2/h8H,4H2,1-3H3;1-2H3. The molecule has 1 rings (SSSR count). The summed E-state index contributed by atoms with van der Waals surface area (Å²) in [6.45, 7) is 4.49. The molecule has 1 aromatic rings. The fourth-order valence-corrected chi connectivity index (χ4v) is 0.762. The summed E-state index contributed by atoms with van der Waals surface area (Å²) in [7, 11) is 5.03. The molecule has 1 heterocycles. The molecule has 0 aliphatic rings. The van der Waals surface area contributed by atoms with Crippen molar-refractivity contribution in [2.45, 2.75) is 20.4 Å². The van der Waals surface area contributed by atoms with E-state index in [9.17, 15) is 4.79 Å². The average Bonchev–Trinajstić information content (AvgIpc) is 2.69. The van der Waals surface area contributed by atoms with Crippen LogP contribution in [0.1, 0.15) is 30.4 Å². The zero-order valence-electron chi connectivity index (χ0n) is 9.87. The van der Waals surface area contributed by atoms with Gasteiger partial charge >= 0.3 is 11.8 Å². The van der Waals surface area contributed by atoms with E-state index in [1.807, 2.05) is 13.8 Å². The molecule has 0 aromatic carbocycles. The number of nitrogens with zero attached hydrogens (tertiary/aromatic N) is 3. The van der Waals surface area contributed by atoms with Gasteiger partial charge in [0.15, 0.2) is 5.82 Å². The van der Waals surface area contributed by atoms with Crippen LogP contribution in [0, 0.1) is 0 Å². The van der Waals surface area contributed by atoms with Crippen LogP contribution in [0.2, 0.25) is 0 Å². The Morgan fingerprint density at radius 3 is 2.53 bits per heavy atom. The predicted octanol–water partition coefficient (Wildman–Crippen LogP) is 0.517. The summed E-state index contributed by atoms with van der Waals surface area (Å²) in [6.07, 6.45) is 0. The first kappa shape index (κ1) is 13.6. The molecule has 0 atom stereocenters. The Morgan fingerprint density at radius 1 is 1.47 bits per heavy atom. The second kappa shape index (κ2) is 6.94. The number of hydrogen-bond acceptors (Lipinski definition) is 5. The second-order valence-corrected chi connectivity index (χ2v) is 2.75. The molecule has 0 radical (unpaired) electrons. The van der Waals surface area contributed by atoms with E-state index >= 15 is 0 Å². The Kier molecular flexibility index (Phi) is 6.28. The predicted molar refractivity (Wildman–Crippen MR) is 56.4 cm³/mol. The molecular formula is C9H18N4O2. The summed E-state index contributed by atoms with van der Waals surface area (Å²) in [6, 6.07) is 0. The van der Waals surface area contributed by atoms with E-state index in [0.29, 0.717) is 12.4 Å². The summed E-state index contributed by atoms with van der Waals surface area (Å²) in [5.41, 5.74) is 0. The topological polar surface area (TPSA) is 71.3 Å². The van der Waals surface area contributed by atoms with Crippen LogP contribution in [0.4, 0.5) is 0 Å². The molecule has 0 bridgehead atoms. The fourth-order valence-electron chi connectivity index (χ4n) is 0.762. The molecule has 0 aliphatic carbocycles. The summed E-state index contributed by atoms with van der Waals surface area (Å²) >= 11 is 0. The molecule has 0 unspecified atom stereocenters. The highest BCUT2D eigenvalue weighted by molar-refractivity contribution is 5.89. The highest BCUT2D eigenvalue weighted by Crippen LogP contribution is 1.99. The van der Waals surface area contributed by atoms with Gasteiger partial charge in [-0.3, -0.25) is 4.79 Å². The van der Waals surface area contributed by atoms with Crippen LogP contribution in [-0.2, 0) is 6.54 Å². The van der Waals surface area contributed by atoms with Crippen molar-refractivity contribution in [2.24, 2.45) is 0 Å². The molecule has 1 aromatic heterocycles. The third-order valence-corrected chi connectivity index (χ3v) is 1.39. The van der Waals surface area contributed by atoms with E-state index < -0.39 is 0 Å². The first-order chi connectivity index (χ1) is 7.15. The Labute approximate surface area is 89.6 Å². The van der Waals surface area contributed by atoms with Crippen LogP contribution in [0.5, 0.6) is 0 Å². The van der Waals surface area contributed by atoms with Crippen molar-refractivity contribution in [3.63, 3.8) is 0 Å². The molecule has 1 N–H and O–H groups in total. The van der Waals surface area contributed by atoms with Gasteiger partial charge in [-0.05, 0) is 7.05 Å². The Morgan fingerprint density at radius 2 is 2.07 bits per heavy atom. The van der Waals surface area contributed by atoms with Crippen LogP contribution in [0.3, 0.4) is 0 Å². The monoisotopic (exact) mass is 214 g/mol. The van der Waals surface area contributed by atoms with Crippen LogP contribution in [-0.4, -0.2) is 42.1 Å². The maximum Gasteiger partial charge on any atom is 0.316 e. The first-order valence-corrected chi connectivity index (χ1v) is 4.84. The maximum atomic E-state index is 11.3. The van der Waals surface area contributed by atoms with E-state index in [1.54, 1.807) is 21.1 Å². The molecule has 6 heteroatoms. The molecule has 0 saturated heterocycles. The Balaban J connectivity index is 0.000000921. The van der Waals surface area contributed by atoms with Crippen molar-refractivity contribution >= 4 is 5.91 Å². The van der Waals surface area contributed by atoms with Crippen molar-refractivity contribution in [3.05, 3.63) is 11.7 Å². The number of nitrogens with one attached hydrogen (secondary N) is 1. The quantitative estimate of drug-likeness (QED) is 0.794. The van der Waals surface area contributed by atoms with Crippen molar-refractivity contribution in [1.29, 1.82) is 0 Å². The normalized spacial score (nSPS) is 9.13. The van der Waals surface area contributed by atoms with Gasteiger partial charge in [-0.15, -0.1) is 0 Å². The smallest absolute Gasteiger partial charge is 0.316 e. The van der Waals surface area contributed by atoms with E-state index in [1.165, 1.54) is 4.90 Å². The summed E-state index contributed by atoms with van der Waals surface area (Å²) in [5, 5.41) is 6.47. The minimum absolute atomic E-state index is 0.0234. The molecule has 15 heavy (non-hydrogen) atoms. The number of amides is 1. The van der Waals surface area contributed by atoms with Gasteiger partial charge in [0.2, 0.25) is 0 Å². The van der Waals surface area contributed by atoms with Gasteiger partial charge in [0, 0.05) is 14.1 Å². The van der Waals surface area contributed by atoms with E-state index in [2.05, 4.69) is 15.5 Å². The van der Waals surface area contributed by atoms with Gasteiger partial charge in [0.25, 0.3) is 0 Å². The molecule has 0 fully saturated rings. The third-order valence-electron chi connectivity index (χ3n) is 1.39. The first-order valence-electron chi connectivity index (χ1n) is 4.84. The lowest BCUT2D eigenvalue weighted by atomic mass is 10.5. The maximum absolute atomic E-state index is 11.3. The highest BCUT2D eigenvalue weighted by atomic mass is 16.5. The molecule has 0 saturated carbocycles. The highest BCUT2D eigenvalue weighted by Gasteiger charge is 2.15. The molecule has 6 nitrogen and oxygen atoms in total. The van der Waals surface area contributed by atoms with E-state index in [-0.39, 0.29) is 11.8 Å². The Hall–Kier alpha value is -1.43. The number of hydrogen-bond donors (Lipinski definition) is 1. The molecule has 0 spiro atoms. The number of aromatic nitrogens is 2. The number of carbonyl (C=O) groups is 1. The van der Waals surface area contributed by atoms with Gasteiger partial charge in [0.05, 0.1) is 6.54 Å². The summed E-state index contributed by atoms with van der Waals surface area (Å²) < 4.78 is 4.75. The lowest BCUT2D eigenvalue weighted by Gasteiger charge is -2.04. The van der Waals surface area contributed by atoms with Crippen molar-refractivity contribution in [1.82, 2.24) is 20.4 Å². The summed E-state index contributed by atoms with van der Waals surface area (Å²) in [5.74, 6) is 0.220. The second-order valence-electron chi connectivity index (χ2n) is 2.75. The van der Waals surface area contributed by atoms with E-state index in [4.69, 9.17) is 4.52 Å². The number of carbonyl (C=O) groups excluding carboxylic acids is 1. The van der Waals surface area contributed by atoms with Gasteiger partial charge in [-0.2, -0.15) is 4.98 Å². The van der Waals surface area contributed by atoms with Gasteiger partial charge < -0.3 is 14.7 Å². The zero-order valence-corrected chi connectivity index (χ0v) is 9.87. The van der Waals surface area contributed by atoms with Crippen molar-refractivity contribution < 1.29 is 9.32 Å².